The SMILES string of the molecule is O=C(CSc1nc2ccccc2s1)Nc1ccc2c3c(c(=O)[nH]c2c1)CCC3. The van der Waals surface area contributed by atoms with E-state index in [9.17, 15) is 9.59 Å². The highest BCUT2D eigenvalue weighted by Gasteiger charge is 2.18. The number of pyridine rings is 1. The maximum absolute atomic E-state index is 12.4. The number of anilines is 1. The van der Waals surface area contributed by atoms with Crippen LogP contribution >= 0.6 is 23.1 Å². The van der Waals surface area contributed by atoms with Crippen LogP contribution in [0.4, 0.5) is 5.69 Å². The molecule has 2 aromatic heterocycles. The van der Waals surface area contributed by atoms with Crippen LogP contribution in [-0.2, 0) is 17.6 Å². The minimum Gasteiger partial charge on any atom is -0.325 e. The van der Waals surface area contributed by atoms with Gasteiger partial charge in [0.25, 0.3) is 5.56 Å². The molecule has 0 aliphatic heterocycles. The van der Waals surface area contributed by atoms with Crippen molar-refractivity contribution in [3.8, 4) is 0 Å². The average molecular weight is 408 g/mol. The number of fused-ring (bicyclic) bond motifs is 4. The van der Waals surface area contributed by atoms with Gasteiger partial charge in [-0.15, -0.1) is 11.3 Å². The van der Waals surface area contributed by atoms with Crippen molar-refractivity contribution in [1.82, 2.24) is 9.97 Å². The van der Waals surface area contributed by atoms with Crippen LogP contribution in [0.2, 0.25) is 0 Å². The van der Waals surface area contributed by atoms with E-state index in [2.05, 4.69) is 15.3 Å². The first-order chi connectivity index (χ1) is 13.7. The number of nitrogens with one attached hydrogen (secondary N) is 2. The molecule has 0 fully saturated rings. The molecule has 2 aromatic carbocycles. The van der Waals surface area contributed by atoms with Crippen LogP contribution in [-0.4, -0.2) is 21.6 Å². The van der Waals surface area contributed by atoms with Crippen molar-refractivity contribution >= 4 is 55.8 Å². The molecule has 0 bridgehead atoms. The third kappa shape index (κ3) is 3.21. The average Bonchev–Trinajstić information content (AvgIpc) is 3.33. The number of para-hydroxylation sites is 1. The zero-order valence-electron chi connectivity index (χ0n) is 15.0. The quantitative estimate of drug-likeness (QED) is 0.493. The van der Waals surface area contributed by atoms with Gasteiger partial charge in [-0.2, -0.15) is 0 Å². The van der Waals surface area contributed by atoms with E-state index in [1.54, 1.807) is 11.3 Å². The van der Waals surface area contributed by atoms with Crippen molar-refractivity contribution in [3.63, 3.8) is 0 Å². The van der Waals surface area contributed by atoms with Crippen molar-refractivity contribution in [3.05, 3.63) is 63.9 Å². The van der Waals surface area contributed by atoms with Crippen molar-refractivity contribution in [2.45, 2.75) is 23.6 Å². The van der Waals surface area contributed by atoms with E-state index in [1.165, 1.54) is 11.8 Å². The molecular formula is C21H17N3O2S2. The Morgan fingerprint density at radius 2 is 2.04 bits per heavy atom. The highest BCUT2D eigenvalue weighted by atomic mass is 32.2. The van der Waals surface area contributed by atoms with Gasteiger partial charge in [-0.05, 0) is 49.1 Å². The second-order valence-electron chi connectivity index (χ2n) is 6.81. The highest BCUT2D eigenvalue weighted by molar-refractivity contribution is 8.01. The largest absolute Gasteiger partial charge is 0.325 e. The van der Waals surface area contributed by atoms with E-state index in [0.29, 0.717) is 11.4 Å². The van der Waals surface area contributed by atoms with Crippen molar-refractivity contribution in [1.29, 1.82) is 0 Å². The van der Waals surface area contributed by atoms with Gasteiger partial charge >= 0.3 is 0 Å². The summed E-state index contributed by atoms with van der Waals surface area (Å²) in [6.45, 7) is 0. The summed E-state index contributed by atoms with van der Waals surface area (Å²) in [5.41, 5.74) is 4.49. The van der Waals surface area contributed by atoms with Crippen molar-refractivity contribution in [2.75, 3.05) is 11.1 Å². The Morgan fingerprint density at radius 3 is 2.93 bits per heavy atom. The normalized spacial score (nSPS) is 13.1. The maximum atomic E-state index is 12.4. The lowest BCUT2D eigenvalue weighted by Crippen LogP contribution is -2.15. The summed E-state index contributed by atoms with van der Waals surface area (Å²) in [5, 5.41) is 4.00. The van der Waals surface area contributed by atoms with Gasteiger partial charge in [0.1, 0.15) is 0 Å². The molecular weight excluding hydrogens is 390 g/mol. The maximum Gasteiger partial charge on any atom is 0.251 e. The third-order valence-corrected chi connectivity index (χ3v) is 7.15. The number of benzene rings is 2. The van der Waals surface area contributed by atoms with Crippen LogP contribution in [0, 0.1) is 0 Å². The Balaban J connectivity index is 1.31. The smallest absolute Gasteiger partial charge is 0.251 e. The number of thioether (sulfide) groups is 1. The van der Waals surface area contributed by atoms with Crippen LogP contribution in [0.3, 0.4) is 0 Å². The molecule has 1 aliphatic rings. The summed E-state index contributed by atoms with van der Waals surface area (Å²) >= 11 is 3.03. The molecule has 2 N–H and O–H groups in total. The molecule has 0 atom stereocenters. The number of carbonyl (C=O) groups is 1. The van der Waals surface area contributed by atoms with Gasteiger partial charge in [0.15, 0.2) is 4.34 Å². The highest BCUT2D eigenvalue weighted by Crippen LogP contribution is 2.30. The van der Waals surface area contributed by atoms with Crippen LogP contribution in [0.15, 0.2) is 51.6 Å². The number of carbonyl (C=O) groups excluding carboxylic acids is 1. The van der Waals surface area contributed by atoms with Crippen LogP contribution in [0.1, 0.15) is 17.5 Å². The van der Waals surface area contributed by atoms with Crippen LogP contribution in [0.5, 0.6) is 0 Å². The number of H-pyrrole nitrogens is 1. The first-order valence-corrected chi connectivity index (χ1v) is 10.9. The van der Waals surface area contributed by atoms with Gasteiger partial charge in [-0.1, -0.05) is 30.0 Å². The zero-order chi connectivity index (χ0) is 19.1. The van der Waals surface area contributed by atoms with Crippen LogP contribution < -0.4 is 10.9 Å². The minimum absolute atomic E-state index is 0.00475. The Kier molecular flexibility index (Phi) is 4.41. The molecule has 28 heavy (non-hydrogen) atoms. The second kappa shape index (κ2) is 7.07. The van der Waals surface area contributed by atoms with Crippen molar-refractivity contribution in [2.24, 2.45) is 0 Å². The summed E-state index contributed by atoms with van der Waals surface area (Å²) in [6.07, 6.45) is 2.82. The zero-order valence-corrected chi connectivity index (χ0v) is 16.6. The molecule has 0 spiro atoms. The molecule has 1 aliphatic carbocycles. The number of rotatable bonds is 4. The number of hydrogen-bond acceptors (Lipinski definition) is 5. The summed E-state index contributed by atoms with van der Waals surface area (Å²) in [4.78, 5) is 32.1. The van der Waals surface area contributed by atoms with Gasteiger partial charge in [-0.3, -0.25) is 9.59 Å². The van der Waals surface area contributed by atoms with Gasteiger partial charge < -0.3 is 10.3 Å². The topological polar surface area (TPSA) is 74.8 Å². The molecule has 0 saturated carbocycles. The standard InChI is InChI=1S/C21H17N3O2S2/c25-19(11-27-21-24-16-6-1-2-7-18(16)28-21)22-12-8-9-14-13-4-3-5-15(13)20(26)23-17(14)10-12/h1-2,6-10H,3-5,11H2,(H,22,25)(H,23,26). The predicted molar refractivity (Wildman–Crippen MR) is 116 cm³/mol. The number of aromatic nitrogens is 2. The minimum atomic E-state index is -0.0906. The fraction of sp³-hybridized carbons (Fsp3) is 0.190. The first kappa shape index (κ1) is 17.5. The summed E-state index contributed by atoms with van der Waals surface area (Å²) in [5.74, 6) is 0.200. The lowest BCUT2D eigenvalue weighted by molar-refractivity contribution is -0.113. The fourth-order valence-electron chi connectivity index (χ4n) is 3.72. The molecule has 1 amide bonds. The number of hydrogen-bond donors (Lipinski definition) is 2. The van der Waals surface area contributed by atoms with E-state index in [1.807, 2.05) is 42.5 Å². The molecule has 0 unspecified atom stereocenters. The van der Waals surface area contributed by atoms with E-state index in [0.717, 1.165) is 55.8 Å². The van der Waals surface area contributed by atoms with Gasteiger partial charge in [0.05, 0.1) is 21.5 Å². The summed E-state index contributed by atoms with van der Waals surface area (Å²) in [6, 6.07) is 13.7. The van der Waals surface area contributed by atoms with E-state index in [4.69, 9.17) is 0 Å². The lowest BCUT2D eigenvalue weighted by Gasteiger charge is -2.09. The molecule has 5 rings (SSSR count). The summed E-state index contributed by atoms with van der Waals surface area (Å²) < 4.78 is 2.01. The van der Waals surface area contributed by atoms with Gasteiger partial charge in [-0.25, -0.2) is 4.98 Å². The monoisotopic (exact) mass is 407 g/mol. The Morgan fingerprint density at radius 1 is 1.18 bits per heavy atom. The third-order valence-electron chi connectivity index (χ3n) is 4.97. The fourth-order valence-corrected chi connectivity index (χ4v) is 5.58. The van der Waals surface area contributed by atoms with E-state index >= 15 is 0 Å². The van der Waals surface area contributed by atoms with Crippen LogP contribution in [0.25, 0.3) is 21.1 Å². The molecule has 0 radical (unpaired) electrons. The molecule has 4 aromatic rings. The number of aryl methyl sites for hydroxylation is 1. The molecule has 140 valence electrons. The number of thiazole rings is 1. The Hall–Kier alpha value is -2.64. The number of aromatic amines is 1. The molecule has 2 heterocycles. The molecule has 7 heteroatoms. The summed E-state index contributed by atoms with van der Waals surface area (Å²) in [7, 11) is 0. The van der Waals surface area contributed by atoms with Crippen molar-refractivity contribution < 1.29 is 4.79 Å². The first-order valence-electron chi connectivity index (χ1n) is 9.13. The molecule has 0 saturated heterocycles. The van der Waals surface area contributed by atoms with E-state index in [-0.39, 0.29) is 11.5 Å². The predicted octanol–water partition coefficient (Wildman–Crippen LogP) is 4.36. The molecule has 5 nitrogen and oxygen atoms in total. The second-order valence-corrected chi connectivity index (χ2v) is 9.06. The van der Waals surface area contributed by atoms with E-state index < -0.39 is 0 Å². The van der Waals surface area contributed by atoms with Gasteiger partial charge in [0, 0.05) is 16.6 Å². The number of nitrogens with zero attached hydrogens (tertiary/aromatic N) is 1. The van der Waals surface area contributed by atoms with Gasteiger partial charge in [0.2, 0.25) is 5.91 Å². The Bertz CT molecular complexity index is 1240. The number of amides is 1. The lowest BCUT2D eigenvalue weighted by atomic mass is 10.1. The Labute approximate surface area is 169 Å².